The number of nitrogens with two attached hydrogens (primary N) is 1. The van der Waals surface area contributed by atoms with Gasteiger partial charge in [0.1, 0.15) is 5.75 Å². The average molecular weight is 235 g/mol. The van der Waals surface area contributed by atoms with Crippen molar-refractivity contribution in [2.24, 2.45) is 11.1 Å². The Hall–Kier alpha value is -1.35. The van der Waals surface area contributed by atoms with Gasteiger partial charge in [0, 0.05) is 12.0 Å². The summed E-state index contributed by atoms with van der Waals surface area (Å²) in [5, 5.41) is 0. The Morgan fingerprint density at radius 3 is 2.59 bits per heavy atom. The van der Waals surface area contributed by atoms with Crippen molar-refractivity contribution >= 4 is 5.78 Å². The van der Waals surface area contributed by atoms with Gasteiger partial charge >= 0.3 is 0 Å². The van der Waals surface area contributed by atoms with Crippen LogP contribution in [0.2, 0.25) is 0 Å². The molecule has 0 heterocycles. The summed E-state index contributed by atoms with van der Waals surface area (Å²) < 4.78 is 5.59. The van der Waals surface area contributed by atoms with E-state index in [9.17, 15) is 4.79 Å². The summed E-state index contributed by atoms with van der Waals surface area (Å²) in [7, 11) is 0. The Morgan fingerprint density at radius 2 is 2.00 bits per heavy atom. The predicted molar refractivity (Wildman–Crippen MR) is 69.4 cm³/mol. The molecule has 0 aliphatic heterocycles. The molecule has 0 amide bonds. The Kier molecular flexibility index (Phi) is 4.70. The highest BCUT2D eigenvalue weighted by Crippen LogP contribution is 2.27. The van der Waals surface area contributed by atoms with Gasteiger partial charge in [0.15, 0.2) is 5.78 Å². The second-order valence-corrected chi connectivity index (χ2v) is 4.76. The van der Waals surface area contributed by atoms with E-state index >= 15 is 0 Å². The zero-order valence-corrected chi connectivity index (χ0v) is 10.8. The molecule has 0 saturated carbocycles. The van der Waals surface area contributed by atoms with Crippen LogP contribution in [0.1, 0.15) is 37.6 Å². The van der Waals surface area contributed by atoms with Crippen molar-refractivity contribution in [3.05, 3.63) is 29.8 Å². The van der Waals surface area contributed by atoms with Gasteiger partial charge in [-0.25, -0.2) is 0 Å². The number of hydrogen-bond donors (Lipinski definition) is 1. The molecule has 3 nitrogen and oxygen atoms in total. The molecule has 2 N–H and O–H groups in total. The number of Topliss-reactive ketones (excluding diaryl/α,β-unsaturated/α-hetero) is 1. The molecular formula is C14H21NO2. The monoisotopic (exact) mass is 235 g/mol. The third kappa shape index (κ3) is 3.30. The molecule has 0 aromatic heterocycles. The van der Waals surface area contributed by atoms with Gasteiger partial charge in [0.2, 0.25) is 0 Å². The second-order valence-electron chi connectivity index (χ2n) is 4.76. The molecule has 1 rings (SSSR count). The van der Waals surface area contributed by atoms with Crippen molar-refractivity contribution < 1.29 is 9.53 Å². The molecule has 94 valence electrons. The van der Waals surface area contributed by atoms with E-state index in [-0.39, 0.29) is 5.78 Å². The van der Waals surface area contributed by atoms with Crippen LogP contribution in [-0.4, -0.2) is 18.9 Å². The first-order chi connectivity index (χ1) is 8.03. The molecule has 0 spiro atoms. The number of para-hydroxylation sites is 1. The van der Waals surface area contributed by atoms with Crippen LogP contribution in [0.5, 0.6) is 5.75 Å². The first-order valence-electron chi connectivity index (χ1n) is 5.99. The minimum atomic E-state index is -0.550. The van der Waals surface area contributed by atoms with Gasteiger partial charge in [-0.05, 0) is 18.6 Å². The highest BCUT2D eigenvalue weighted by atomic mass is 16.5. The minimum absolute atomic E-state index is 0.0340. The highest BCUT2D eigenvalue weighted by Gasteiger charge is 2.28. The van der Waals surface area contributed by atoms with E-state index in [1.165, 1.54) is 0 Å². The smallest absolute Gasteiger partial charge is 0.173 e. The summed E-state index contributed by atoms with van der Waals surface area (Å²) in [4.78, 5) is 12.3. The molecule has 0 saturated heterocycles. The SMILES string of the molecule is CCCOc1ccccc1C(=O)C(C)(C)CN. The third-order valence-electron chi connectivity index (χ3n) is 2.72. The van der Waals surface area contributed by atoms with Gasteiger partial charge in [0.25, 0.3) is 0 Å². The number of benzene rings is 1. The number of carbonyl (C=O) groups excluding carboxylic acids is 1. The van der Waals surface area contributed by atoms with E-state index in [2.05, 4.69) is 0 Å². The van der Waals surface area contributed by atoms with Crippen LogP contribution in [-0.2, 0) is 0 Å². The van der Waals surface area contributed by atoms with Crippen molar-refractivity contribution in [3.8, 4) is 5.75 Å². The van der Waals surface area contributed by atoms with Crippen LogP contribution < -0.4 is 10.5 Å². The fourth-order valence-electron chi connectivity index (χ4n) is 1.45. The van der Waals surface area contributed by atoms with E-state index in [0.717, 1.165) is 6.42 Å². The van der Waals surface area contributed by atoms with Crippen LogP contribution in [0.3, 0.4) is 0 Å². The lowest BCUT2D eigenvalue weighted by molar-refractivity contribution is 0.0843. The first kappa shape index (κ1) is 13.7. The highest BCUT2D eigenvalue weighted by molar-refractivity contribution is 6.02. The Labute approximate surface area is 103 Å². The first-order valence-corrected chi connectivity index (χ1v) is 5.99. The average Bonchev–Trinajstić information content (AvgIpc) is 2.35. The van der Waals surface area contributed by atoms with Crippen LogP contribution in [0, 0.1) is 5.41 Å². The number of carbonyl (C=O) groups is 1. The largest absolute Gasteiger partial charge is 0.493 e. The Bertz CT molecular complexity index is 386. The molecule has 0 radical (unpaired) electrons. The molecule has 17 heavy (non-hydrogen) atoms. The summed E-state index contributed by atoms with van der Waals surface area (Å²) in [6, 6.07) is 7.34. The van der Waals surface area contributed by atoms with Crippen LogP contribution in [0.4, 0.5) is 0 Å². The van der Waals surface area contributed by atoms with Gasteiger partial charge in [-0.2, -0.15) is 0 Å². The normalized spacial score (nSPS) is 11.3. The summed E-state index contributed by atoms with van der Waals surface area (Å²) in [6.07, 6.45) is 0.919. The summed E-state index contributed by atoms with van der Waals surface area (Å²) in [6.45, 7) is 6.69. The fourth-order valence-corrected chi connectivity index (χ4v) is 1.45. The lowest BCUT2D eigenvalue weighted by Gasteiger charge is -2.22. The quantitative estimate of drug-likeness (QED) is 0.771. The zero-order valence-electron chi connectivity index (χ0n) is 10.8. The maximum absolute atomic E-state index is 12.3. The van der Waals surface area contributed by atoms with Gasteiger partial charge in [0.05, 0.1) is 12.2 Å². The summed E-state index contributed by atoms with van der Waals surface area (Å²) in [5.41, 5.74) is 5.70. The van der Waals surface area contributed by atoms with Crippen molar-refractivity contribution in [2.75, 3.05) is 13.2 Å². The van der Waals surface area contributed by atoms with Crippen molar-refractivity contribution in [1.82, 2.24) is 0 Å². The second kappa shape index (κ2) is 5.82. The minimum Gasteiger partial charge on any atom is -0.493 e. The third-order valence-corrected chi connectivity index (χ3v) is 2.72. The van der Waals surface area contributed by atoms with E-state index in [4.69, 9.17) is 10.5 Å². The van der Waals surface area contributed by atoms with Gasteiger partial charge < -0.3 is 10.5 Å². The van der Waals surface area contributed by atoms with Gasteiger partial charge in [-0.1, -0.05) is 32.9 Å². The molecule has 0 atom stereocenters. The molecule has 0 aliphatic rings. The number of hydrogen-bond acceptors (Lipinski definition) is 3. The van der Waals surface area contributed by atoms with Crippen LogP contribution >= 0.6 is 0 Å². The van der Waals surface area contributed by atoms with Gasteiger partial charge in [-0.15, -0.1) is 0 Å². The zero-order chi connectivity index (χ0) is 12.9. The maximum atomic E-state index is 12.3. The Balaban J connectivity index is 3.00. The van der Waals surface area contributed by atoms with Gasteiger partial charge in [-0.3, -0.25) is 4.79 Å². The number of ketones is 1. The standard InChI is InChI=1S/C14H21NO2/c1-4-9-17-12-8-6-5-7-11(12)13(16)14(2,3)10-15/h5-8H,4,9-10,15H2,1-3H3. The van der Waals surface area contributed by atoms with Crippen molar-refractivity contribution in [1.29, 1.82) is 0 Å². The number of ether oxygens (including phenoxy) is 1. The molecule has 0 unspecified atom stereocenters. The molecule has 0 bridgehead atoms. The van der Waals surface area contributed by atoms with Crippen LogP contribution in [0.15, 0.2) is 24.3 Å². The van der Waals surface area contributed by atoms with E-state index in [1.807, 2.05) is 39.0 Å². The van der Waals surface area contributed by atoms with E-state index in [1.54, 1.807) is 6.07 Å². The molecular weight excluding hydrogens is 214 g/mol. The van der Waals surface area contributed by atoms with Crippen molar-refractivity contribution in [2.45, 2.75) is 27.2 Å². The summed E-state index contributed by atoms with van der Waals surface area (Å²) in [5.74, 6) is 0.688. The lowest BCUT2D eigenvalue weighted by atomic mass is 9.84. The molecule has 3 heteroatoms. The molecule has 0 fully saturated rings. The predicted octanol–water partition coefficient (Wildman–Crippen LogP) is 2.64. The molecule has 0 aliphatic carbocycles. The van der Waals surface area contributed by atoms with Crippen LogP contribution in [0.25, 0.3) is 0 Å². The van der Waals surface area contributed by atoms with E-state index < -0.39 is 5.41 Å². The number of rotatable bonds is 6. The maximum Gasteiger partial charge on any atom is 0.173 e. The van der Waals surface area contributed by atoms with Crippen molar-refractivity contribution in [3.63, 3.8) is 0 Å². The topological polar surface area (TPSA) is 52.3 Å². The molecule has 1 aromatic rings. The molecule has 1 aromatic carbocycles. The fraction of sp³-hybridized carbons (Fsp3) is 0.500. The lowest BCUT2D eigenvalue weighted by Crippen LogP contribution is -2.33. The van der Waals surface area contributed by atoms with E-state index in [0.29, 0.717) is 24.5 Å². The summed E-state index contributed by atoms with van der Waals surface area (Å²) >= 11 is 0. The Morgan fingerprint density at radius 1 is 1.35 bits per heavy atom.